The van der Waals surface area contributed by atoms with Gasteiger partial charge in [0.1, 0.15) is 10.6 Å². The minimum Gasteiger partial charge on any atom is -0.495 e. The minimum absolute atomic E-state index is 0.0502. The predicted octanol–water partition coefficient (Wildman–Crippen LogP) is 4.34. The molecule has 29 heavy (non-hydrogen) atoms. The van der Waals surface area contributed by atoms with Crippen molar-refractivity contribution in [2.24, 2.45) is 0 Å². The van der Waals surface area contributed by atoms with Crippen LogP contribution >= 0.6 is 11.3 Å². The number of benzene rings is 1. The number of nitrogens with zero attached hydrogens (tertiary/aromatic N) is 2. The molecular weight excluding hydrogens is 406 g/mol. The molecule has 1 N–H and O–H groups in total. The first-order chi connectivity index (χ1) is 13.9. The van der Waals surface area contributed by atoms with Gasteiger partial charge in [-0.1, -0.05) is 30.6 Å². The maximum absolute atomic E-state index is 12.8. The second kappa shape index (κ2) is 8.24. The van der Waals surface area contributed by atoms with Crippen molar-refractivity contribution in [3.8, 4) is 16.2 Å². The van der Waals surface area contributed by atoms with Crippen LogP contribution in [0.2, 0.25) is 0 Å². The Morgan fingerprint density at radius 2 is 1.90 bits per heavy atom. The Morgan fingerprint density at radius 1 is 1.17 bits per heavy atom. The molecule has 0 radical (unpaired) electrons. The first kappa shape index (κ1) is 20.6. The predicted molar refractivity (Wildman–Crippen MR) is 117 cm³/mol. The summed E-state index contributed by atoms with van der Waals surface area (Å²) in [5.74, 6) is 0.364. The van der Waals surface area contributed by atoms with E-state index in [1.807, 2.05) is 13.0 Å². The van der Waals surface area contributed by atoms with Gasteiger partial charge in [0.25, 0.3) is 0 Å². The highest BCUT2D eigenvalue weighted by molar-refractivity contribution is 7.89. The van der Waals surface area contributed by atoms with E-state index in [1.54, 1.807) is 23.5 Å². The molecule has 158 valence electrons. The number of ether oxygens (including phenoxy) is 1. The van der Waals surface area contributed by atoms with Gasteiger partial charge >= 0.3 is 0 Å². The molecule has 0 atom stereocenters. The quantitative estimate of drug-likeness (QED) is 0.701. The number of methoxy groups -OCH3 is 1. The lowest BCUT2D eigenvalue weighted by molar-refractivity contribution is 0.402. The molecule has 6 nitrogen and oxygen atoms in total. The fourth-order valence-electron chi connectivity index (χ4n) is 3.94. The van der Waals surface area contributed by atoms with E-state index in [1.165, 1.54) is 39.2 Å². The van der Waals surface area contributed by atoms with Crippen molar-refractivity contribution in [3.05, 3.63) is 23.9 Å². The molecule has 2 aliphatic carbocycles. The lowest BCUT2D eigenvalue weighted by Gasteiger charge is -2.30. The Bertz CT molecular complexity index is 977. The third-order valence-electron chi connectivity index (χ3n) is 5.82. The molecule has 2 fully saturated rings. The molecule has 0 bridgehead atoms. The summed E-state index contributed by atoms with van der Waals surface area (Å²) in [5.41, 5.74) is 1.79. The summed E-state index contributed by atoms with van der Waals surface area (Å²) < 4.78 is 33.8. The molecule has 0 amide bonds. The van der Waals surface area contributed by atoms with E-state index in [2.05, 4.69) is 16.7 Å². The van der Waals surface area contributed by atoms with Crippen molar-refractivity contribution in [1.29, 1.82) is 0 Å². The number of nitrogens with one attached hydrogen (secondary N) is 1. The zero-order valence-electron chi connectivity index (χ0n) is 17.3. The largest absolute Gasteiger partial charge is 0.495 e. The van der Waals surface area contributed by atoms with Crippen LogP contribution < -0.4 is 14.4 Å². The smallest absolute Gasteiger partial charge is 0.244 e. The molecular formula is C21H29N3O3S2. The van der Waals surface area contributed by atoms with E-state index in [4.69, 9.17) is 9.72 Å². The van der Waals surface area contributed by atoms with Crippen LogP contribution in [0.25, 0.3) is 10.4 Å². The van der Waals surface area contributed by atoms with E-state index in [0.29, 0.717) is 11.8 Å². The molecule has 4 rings (SSSR count). The van der Waals surface area contributed by atoms with Crippen molar-refractivity contribution in [2.45, 2.75) is 68.8 Å². The van der Waals surface area contributed by atoms with Gasteiger partial charge in [-0.25, -0.2) is 18.1 Å². The summed E-state index contributed by atoms with van der Waals surface area (Å²) in [6, 6.07) is 5.96. The Hall–Kier alpha value is -1.64. The Labute approximate surface area is 177 Å². The number of aromatic nitrogens is 1. The summed E-state index contributed by atoms with van der Waals surface area (Å²) in [4.78, 5) is 8.31. The first-order valence-electron chi connectivity index (χ1n) is 10.3. The number of hydrogen-bond acceptors (Lipinski definition) is 6. The maximum atomic E-state index is 12.8. The molecule has 0 aliphatic heterocycles. The number of hydrogen-bond donors (Lipinski definition) is 1. The van der Waals surface area contributed by atoms with Crippen LogP contribution in [0.1, 0.15) is 50.6 Å². The normalized spacial score (nSPS) is 18.0. The molecule has 1 aromatic heterocycles. The van der Waals surface area contributed by atoms with Gasteiger partial charge in [-0.05, 0) is 56.4 Å². The summed E-state index contributed by atoms with van der Waals surface area (Å²) >= 11 is 1.63. The second-order valence-electron chi connectivity index (χ2n) is 8.07. The van der Waals surface area contributed by atoms with Gasteiger partial charge in [0.2, 0.25) is 10.0 Å². The van der Waals surface area contributed by atoms with E-state index < -0.39 is 10.0 Å². The first-order valence-corrected chi connectivity index (χ1v) is 12.6. The van der Waals surface area contributed by atoms with Crippen molar-refractivity contribution >= 4 is 26.5 Å². The average molecular weight is 436 g/mol. The number of thiazole rings is 1. The van der Waals surface area contributed by atoms with Crippen molar-refractivity contribution in [2.75, 3.05) is 19.1 Å². The van der Waals surface area contributed by atoms with Crippen LogP contribution in [0.4, 0.5) is 5.13 Å². The highest BCUT2D eigenvalue weighted by Crippen LogP contribution is 2.39. The van der Waals surface area contributed by atoms with E-state index in [9.17, 15) is 8.42 Å². The molecule has 1 heterocycles. The average Bonchev–Trinajstić information content (AvgIpc) is 3.45. The topological polar surface area (TPSA) is 71.5 Å². The van der Waals surface area contributed by atoms with Gasteiger partial charge in [0.05, 0.1) is 17.7 Å². The number of anilines is 1. The zero-order chi connectivity index (χ0) is 20.6. The zero-order valence-corrected chi connectivity index (χ0v) is 18.9. The van der Waals surface area contributed by atoms with Gasteiger partial charge in [-0.2, -0.15) is 0 Å². The van der Waals surface area contributed by atoms with E-state index in [0.717, 1.165) is 34.1 Å². The van der Waals surface area contributed by atoms with Crippen LogP contribution in [0.15, 0.2) is 23.1 Å². The van der Waals surface area contributed by atoms with Gasteiger partial charge < -0.3 is 9.64 Å². The molecule has 2 saturated carbocycles. The maximum Gasteiger partial charge on any atom is 0.244 e. The summed E-state index contributed by atoms with van der Waals surface area (Å²) in [5, 5.41) is 1.00. The molecule has 2 aromatic rings. The standard InChI is InChI=1S/C21H29N3O3S2/c1-14-20(28-21(22-14)24(2)17-7-5-4-6-8-17)15-9-12-18(27-3)19(13-15)29(25,26)23-16-10-11-16/h9,12-13,16-17,23H,4-8,10-11H2,1-3H3. The number of rotatable bonds is 7. The van der Waals surface area contributed by atoms with Gasteiger partial charge in [0.15, 0.2) is 5.13 Å². The fraction of sp³-hybridized carbons (Fsp3) is 0.571. The Kier molecular flexibility index (Phi) is 5.86. The van der Waals surface area contributed by atoms with Crippen LogP contribution in [0.5, 0.6) is 5.75 Å². The summed E-state index contributed by atoms with van der Waals surface area (Å²) in [6.07, 6.45) is 8.09. The summed E-state index contributed by atoms with van der Waals surface area (Å²) in [6.45, 7) is 1.99. The highest BCUT2D eigenvalue weighted by atomic mass is 32.2. The highest BCUT2D eigenvalue weighted by Gasteiger charge is 2.30. The van der Waals surface area contributed by atoms with Crippen LogP contribution in [-0.2, 0) is 10.0 Å². The molecule has 0 unspecified atom stereocenters. The third-order valence-corrected chi connectivity index (χ3v) is 8.66. The molecule has 1 aromatic carbocycles. The lowest BCUT2D eigenvalue weighted by Crippen LogP contribution is -2.33. The summed E-state index contributed by atoms with van der Waals surface area (Å²) in [7, 11) is 0.0158. The minimum atomic E-state index is -3.61. The van der Waals surface area contributed by atoms with E-state index >= 15 is 0 Å². The van der Waals surface area contributed by atoms with Crippen LogP contribution in [0.3, 0.4) is 0 Å². The van der Waals surface area contributed by atoms with Gasteiger partial charge in [0, 0.05) is 19.1 Å². The Morgan fingerprint density at radius 3 is 2.55 bits per heavy atom. The van der Waals surface area contributed by atoms with Crippen LogP contribution in [0, 0.1) is 6.92 Å². The molecule has 0 saturated heterocycles. The third kappa shape index (κ3) is 4.44. The fourth-order valence-corrected chi connectivity index (χ4v) is 6.53. The van der Waals surface area contributed by atoms with Crippen molar-refractivity contribution < 1.29 is 13.2 Å². The molecule has 0 spiro atoms. The SMILES string of the molecule is COc1ccc(-c2sc(N(C)C3CCCCC3)nc2C)cc1S(=O)(=O)NC1CC1. The second-order valence-corrected chi connectivity index (χ2v) is 10.7. The van der Waals surface area contributed by atoms with Crippen molar-refractivity contribution in [3.63, 3.8) is 0 Å². The van der Waals surface area contributed by atoms with Gasteiger partial charge in [-0.3, -0.25) is 0 Å². The lowest BCUT2D eigenvalue weighted by atomic mass is 9.95. The number of sulfonamides is 1. The molecule has 2 aliphatic rings. The van der Waals surface area contributed by atoms with Crippen LogP contribution in [-0.4, -0.2) is 39.6 Å². The monoisotopic (exact) mass is 435 g/mol. The van der Waals surface area contributed by atoms with E-state index in [-0.39, 0.29) is 10.9 Å². The Balaban J connectivity index is 1.66. The van der Waals surface area contributed by atoms with Gasteiger partial charge in [-0.15, -0.1) is 0 Å². The number of aryl methyl sites for hydroxylation is 1. The van der Waals surface area contributed by atoms with Crippen molar-refractivity contribution in [1.82, 2.24) is 9.71 Å². The molecule has 8 heteroatoms.